The summed E-state index contributed by atoms with van der Waals surface area (Å²) in [4.78, 5) is 11.2. The molecule has 0 fully saturated rings. The molecule has 3 N–H and O–H groups in total. The van der Waals surface area contributed by atoms with E-state index in [4.69, 9.17) is 10.5 Å². The van der Waals surface area contributed by atoms with E-state index in [9.17, 15) is 13.0 Å². The second-order valence-corrected chi connectivity index (χ2v) is 6.33. The fourth-order valence-electron chi connectivity index (χ4n) is 2.23. The molecule has 3 aromatic rings. The number of aromatic nitrogens is 3. The molecule has 0 aliphatic rings. The average Bonchev–Trinajstić information content (AvgIpc) is 2.99. The molecule has 0 aliphatic carbocycles. The standard InChI is InChI=1S/C15H14F2N4O3S/c1-23-12-4-5-19-11(13(12)18)7-25(22)15-20-9-3-2-8(24-14(16)17)6-10(9)21-15/h2-6,14H,7,18H2,1H3,(H,20,21). The zero-order chi connectivity index (χ0) is 18.0. The lowest BCUT2D eigenvalue weighted by atomic mass is 10.3. The number of nitrogens with zero attached hydrogens (tertiary/aromatic N) is 2. The van der Waals surface area contributed by atoms with Crippen LogP contribution < -0.4 is 15.2 Å². The second kappa shape index (κ2) is 7.01. The van der Waals surface area contributed by atoms with E-state index in [0.29, 0.717) is 28.2 Å². The monoisotopic (exact) mass is 368 g/mol. The molecule has 0 radical (unpaired) electrons. The van der Waals surface area contributed by atoms with Gasteiger partial charge < -0.3 is 20.2 Å². The number of hydrogen-bond donors (Lipinski definition) is 2. The number of hydrogen-bond acceptors (Lipinski definition) is 6. The summed E-state index contributed by atoms with van der Waals surface area (Å²) in [6.45, 7) is -2.92. The van der Waals surface area contributed by atoms with Crippen molar-refractivity contribution in [2.45, 2.75) is 17.5 Å². The van der Waals surface area contributed by atoms with Crippen molar-refractivity contribution in [3.05, 3.63) is 36.2 Å². The number of aromatic amines is 1. The number of alkyl halides is 2. The third kappa shape index (κ3) is 3.68. The van der Waals surface area contributed by atoms with Crippen molar-refractivity contribution in [1.82, 2.24) is 15.0 Å². The van der Waals surface area contributed by atoms with E-state index in [2.05, 4.69) is 19.7 Å². The summed E-state index contributed by atoms with van der Waals surface area (Å²) in [7, 11) is -0.0817. The van der Waals surface area contributed by atoms with Gasteiger partial charge in [-0.3, -0.25) is 9.19 Å². The molecule has 0 amide bonds. The van der Waals surface area contributed by atoms with Crippen LogP contribution in [0.1, 0.15) is 5.69 Å². The Kier molecular flexibility index (Phi) is 4.79. The Morgan fingerprint density at radius 3 is 2.88 bits per heavy atom. The summed E-state index contributed by atoms with van der Waals surface area (Å²) >= 11 is 0. The van der Waals surface area contributed by atoms with Gasteiger partial charge >= 0.3 is 6.61 Å². The molecule has 7 nitrogen and oxygen atoms in total. The Balaban J connectivity index is 1.85. The summed E-state index contributed by atoms with van der Waals surface area (Å²) in [6.07, 6.45) is 1.51. The third-order valence-electron chi connectivity index (χ3n) is 3.39. The molecule has 2 heterocycles. The van der Waals surface area contributed by atoms with Crippen molar-refractivity contribution in [2.24, 2.45) is 0 Å². The Morgan fingerprint density at radius 1 is 1.36 bits per heavy atom. The van der Waals surface area contributed by atoms with Gasteiger partial charge in [-0.15, -0.1) is 0 Å². The number of nitrogens with two attached hydrogens (primary N) is 1. The van der Waals surface area contributed by atoms with Crippen LogP contribution in [0.3, 0.4) is 0 Å². The van der Waals surface area contributed by atoms with Crippen molar-refractivity contribution < 1.29 is 22.5 Å². The van der Waals surface area contributed by atoms with E-state index in [1.807, 2.05) is 0 Å². The molecule has 0 saturated carbocycles. The Morgan fingerprint density at radius 2 is 2.16 bits per heavy atom. The smallest absolute Gasteiger partial charge is 0.387 e. The topological polar surface area (TPSA) is 103 Å². The van der Waals surface area contributed by atoms with Crippen molar-refractivity contribution in [3.8, 4) is 11.5 Å². The first kappa shape index (κ1) is 17.1. The molecule has 0 saturated heterocycles. The van der Waals surface area contributed by atoms with Crippen LogP contribution in [0.25, 0.3) is 11.0 Å². The minimum Gasteiger partial charge on any atom is -0.494 e. The van der Waals surface area contributed by atoms with Gasteiger partial charge in [-0.25, -0.2) is 4.98 Å². The van der Waals surface area contributed by atoms with Gasteiger partial charge in [-0.2, -0.15) is 8.78 Å². The zero-order valence-electron chi connectivity index (χ0n) is 13.0. The Labute approximate surface area is 143 Å². The Bertz CT molecular complexity index is 932. The molecular formula is C15H14F2N4O3S. The van der Waals surface area contributed by atoms with Crippen molar-refractivity contribution in [1.29, 1.82) is 0 Å². The number of imidazole rings is 1. The van der Waals surface area contributed by atoms with Crippen LogP contribution in [0, 0.1) is 0 Å². The lowest BCUT2D eigenvalue weighted by Gasteiger charge is -2.07. The maximum Gasteiger partial charge on any atom is 0.387 e. The molecule has 132 valence electrons. The number of ether oxygens (including phenoxy) is 2. The molecule has 10 heteroatoms. The molecule has 3 rings (SSSR count). The number of nitrogen functional groups attached to an aromatic ring is 1. The van der Waals surface area contributed by atoms with Gasteiger partial charge in [0.1, 0.15) is 11.5 Å². The van der Waals surface area contributed by atoms with Gasteiger partial charge in [0.25, 0.3) is 0 Å². The van der Waals surface area contributed by atoms with Crippen LogP contribution in [0.4, 0.5) is 14.5 Å². The van der Waals surface area contributed by atoms with Crippen LogP contribution in [-0.4, -0.2) is 32.9 Å². The van der Waals surface area contributed by atoms with Gasteiger partial charge in [0.05, 0.1) is 46.1 Å². The van der Waals surface area contributed by atoms with Crippen molar-refractivity contribution in [3.63, 3.8) is 0 Å². The van der Waals surface area contributed by atoms with Crippen molar-refractivity contribution >= 4 is 27.5 Å². The average molecular weight is 368 g/mol. The van der Waals surface area contributed by atoms with Crippen LogP contribution >= 0.6 is 0 Å². The molecule has 1 unspecified atom stereocenters. The molecule has 1 aromatic carbocycles. The maximum absolute atomic E-state index is 12.5. The van der Waals surface area contributed by atoms with Crippen LogP contribution in [0.2, 0.25) is 0 Å². The lowest BCUT2D eigenvalue weighted by molar-refractivity contribution is -0.0497. The van der Waals surface area contributed by atoms with E-state index in [1.165, 1.54) is 31.5 Å². The van der Waals surface area contributed by atoms with Crippen LogP contribution in [0.15, 0.2) is 35.6 Å². The molecular weight excluding hydrogens is 354 g/mol. The predicted molar refractivity (Wildman–Crippen MR) is 88.0 cm³/mol. The minimum atomic E-state index is -2.92. The highest BCUT2D eigenvalue weighted by atomic mass is 32.2. The molecule has 0 bridgehead atoms. The number of fused-ring (bicyclic) bond motifs is 1. The lowest BCUT2D eigenvalue weighted by Crippen LogP contribution is -2.05. The van der Waals surface area contributed by atoms with E-state index in [-0.39, 0.29) is 16.7 Å². The van der Waals surface area contributed by atoms with E-state index >= 15 is 0 Å². The van der Waals surface area contributed by atoms with E-state index in [0.717, 1.165) is 0 Å². The van der Waals surface area contributed by atoms with Crippen LogP contribution in [0.5, 0.6) is 11.5 Å². The predicted octanol–water partition coefficient (Wildman–Crippen LogP) is 2.46. The third-order valence-corrected chi connectivity index (χ3v) is 4.55. The number of nitrogens with one attached hydrogen (secondary N) is 1. The van der Waals surface area contributed by atoms with E-state index < -0.39 is 17.4 Å². The number of benzene rings is 1. The number of H-pyrrole nitrogens is 1. The normalized spacial score (nSPS) is 12.5. The minimum absolute atomic E-state index is 0.0119. The molecule has 0 spiro atoms. The highest BCUT2D eigenvalue weighted by Crippen LogP contribution is 2.26. The fraction of sp³-hybridized carbons (Fsp3) is 0.200. The summed E-state index contributed by atoms with van der Waals surface area (Å²) in [6, 6.07) is 5.84. The number of anilines is 1. The highest BCUT2D eigenvalue weighted by Gasteiger charge is 2.16. The van der Waals surface area contributed by atoms with Gasteiger partial charge in [0.15, 0.2) is 5.16 Å². The quantitative estimate of drug-likeness (QED) is 0.693. The van der Waals surface area contributed by atoms with Gasteiger partial charge in [0.2, 0.25) is 0 Å². The molecule has 2 aromatic heterocycles. The first-order chi connectivity index (χ1) is 12.0. The van der Waals surface area contributed by atoms with Gasteiger partial charge in [-0.05, 0) is 12.1 Å². The van der Waals surface area contributed by atoms with Crippen molar-refractivity contribution in [2.75, 3.05) is 12.8 Å². The first-order valence-corrected chi connectivity index (χ1v) is 8.40. The maximum atomic E-state index is 12.5. The summed E-state index contributed by atoms with van der Waals surface area (Å²) < 4.78 is 46.5. The number of halogens is 2. The Hall–Kier alpha value is -2.75. The van der Waals surface area contributed by atoms with Crippen LogP contribution in [-0.2, 0) is 16.6 Å². The summed E-state index contributed by atoms with van der Waals surface area (Å²) in [5, 5.41) is 0.188. The highest BCUT2D eigenvalue weighted by molar-refractivity contribution is 7.84. The number of methoxy groups -OCH3 is 1. The first-order valence-electron chi connectivity index (χ1n) is 7.08. The number of pyridine rings is 1. The zero-order valence-corrected chi connectivity index (χ0v) is 13.8. The van der Waals surface area contributed by atoms with Gasteiger partial charge in [-0.1, -0.05) is 0 Å². The largest absolute Gasteiger partial charge is 0.494 e. The SMILES string of the molecule is COc1ccnc(CS(=O)c2nc3ccc(OC(F)F)cc3[nH]2)c1N. The fourth-order valence-corrected chi connectivity index (χ4v) is 3.27. The number of rotatable bonds is 6. The molecule has 0 aliphatic heterocycles. The molecule has 1 atom stereocenters. The van der Waals surface area contributed by atoms with Gasteiger partial charge in [0, 0.05) is 18.3 Å². The summed E-state index contributed by atoms with van der Waals surface area (Å²) in [5.74, 6) is 0.464. The summed E-state index contributed by atoms with van der Waals surface area (Å²) in [5.41, 5.74) is 7.57. The second-order valence-electron chi connectivity index (χ2n) is 4.96. The molecule has 25 heavy (non-hydrogen) atoms. The van der Waals surface area contributed by atoms with E-state index in [1.54, 1.807) is 6.07 Å².